The number of sulfone groups is 1. The van der Waals surface area contributed by atoms with Gasteiger partial charge in [0.05, 0.1) is 17.5 Å². The van der Waals surface area contributed by atoms with Crippen molar-refractivity contribution in [1.82, 2.24) is 9.78 Å². The van der Waals surface area contributed by atoms with E-state index in [1.165, 1.54) is 4.68 Å². The minimum Gasteiger partial charge on any atom is -0.383 e. The zero-order valence-electron chi connectivity index (χ0n) is 10.8. The molecule has 0 spiro atoms. The van der Waals surface area contributed by atoms with Crippen LogP contribution in [0.25, 0.3) is 0 Å². The minimum absolute atomic E-state index is 0.0387. The molecule has 1 aliphatic heterocycles. The van der Waals surface area contributed by atoms with Gasteiger partial charge in [-0.2, -0.15) is 10.4 Å². The Kier molecular flexibility index (Phi) is 3.66. The third-order valence-electron chi connectivity index (χ3n) is 3.16. The van der Waals surface area contributed by atoms with Crippen LogP contribution in [0.1, 0.15) is 31.4 Å². The van der Waals surface area contributed by atoms with Crippen LogP contribution in [-0.4, -0.2) is 36.2 Å². The van der Waals surface area contributed by atoms with Crippen molar-refractivity contribution in [3.8, 4) is 6.07 Å². The molecule has 19 heavy (non-hydrogen) atoms. The van der Waals surface area contributed by atoms with E-state index >= 15 is 0 Å². The van der Waals surface area contributed by atoms with E-state index in [4.69, 9.17) is 11.0 Å². The number of nitrogen functional groups attached to an aromatic ring is 1. The normalized spacial score (nSPS) is 21.2. The van der Waals surface area contributed by atoms with E-state index in [0.29, 0.717) is 18.8 Å². The van der Waals surface area contributed by atoms with Gasteiger partial charge in [-0.15, -0.1) is 0 Å². The zero-order chi connectivity index (χ0) is 14.0. The highest BCUT2D eigenvalue weighted by Gasteiger charge is 2.32. The Balaban J connectivity index is 2.32. The Morgan fingerprint density at radius 1 is 1.63 bits per heavy atom. The number of anilines is 2. The lowest BCUT2D eigenvalue weighted by molar-refractivity contribution is 0.508. The molecule has 1 unspecified atom stereocenters. The summed E-state index contributed by atoms with van der Waals surface area (Å²) in [5.74, 6) is 0.863. The molecule has 3 N–H and O–H groups in total. The Morgan fingerprint density at radius 3 is 2.89 bits per heavy atom. The van der Waals surface area contributed by atoms with Gasteiger partial charge in [0, 0.05) is 6.54 Å². The summed E-state index contributed by atoms with van der Waals surface area (Å²) < 4.78 is 24.5. The van der Waals surface area contributed by atoms with E-state index in [2.05, 4.69) is 10.4 Å². The molecule has 0 aromatic carbocycles. The quantitative estimate of drug-likeness (QED) is 0.832. The molecule has 2 rings (SSSR count). The summed E-state index contributed by atoms with van der Waals surface area (Å²) in [5.41, 5.74) is 6.19. The number of nitrogens with one attached hydrogen (secondary N) is 1. The van der Waals surface area contributed by atoms with Gasteiger partial charge >= 0.3 is 0 Å². The number of hydrogen-bond acceptors (Lipinski definition) is 6. The van der Waals surface area contributed by atoms with E-state index in [1.807, 2.05) is 13.0 Å². The van der Waals surface area contributed by atoms with E-state index < -0.39 is 9.84 Å². The highest BCUT2D eigenvalue weighted by atomic mass is 32.2. The van der Waals surface area contributed by atoms with E-state index in [0.717, 1.165) is 6.42 Å². The average molecular weight is 283 g/mol. The van der Waals surface area contributed by atoms with Crippen molar-refractivity contribution < 1.29 is 8.42 Å². The maximum absolute atomic E-state index is 11.5. The molecule has 1 aliphatic rings. The summed E-state index contributed by atoms with van der Waals surface area (Å²) in [4.78, 5) is 0. The molecule has 0 amide bonds. The molecule has 1 aromatic heterocycles. The molecule has 1 aromatic rings. The average Bonchev–Trinajstić information content (AvgIpc) is 2.86. The first kappa shape index (κ1) is 13.7. The van der Waals surface area contributed by atoms with Crippen LogP contribution < -0.4 is 11.1 Å². The molecule has 1 atom stereocenters. The maximum atomic E-state index is 11.5. The van der Waals surface area contributed by atoms with Crippen LogP contribution in [0.2, 0.25) is 0 Å². The summed E-state index contributed by atoms with van der Waals surface area (Å²) in [6, 6.07) is 1.75. The van der Waals surface area contributed by atoms with Gasteiger partial charge < -0.3 is 11.1 Å². The first-order chi connectivity index (χ1) is 8.98. The fraction of sp³-hybridized carbons (Fsp3) is 0.636. The number of rotatable bonds is 4. The SMILES string of the molecule is CCCNc1nn(C2CCS(=O)(=O)C2)c(N)c1C#N. The van der Waals surface area contributed by atoms with Crippen molar-refractivity contribution in [2.45, 2.75) is 25.8 Å². The second kappa shape index (κ2) is 5.09. The van der Waals surface area contributed by atoms with Crippen molar-refractivity contribution in [2.24, 2.45) is 0 Å². The van der Waals surface area contributed by atoms with Crippen LogP contribution >= 0.6 is 0 Å². The van der Waals surface area contributed by atoms with E-state index in [1.54, 1.807) is 0 Å². The molecule has 0 bridgehead atoms. The second-order valence-corrected chi connectivity index (χ2v) is 6.88. The largest absolute Gasteiger partial charge is 0.383 e. The monoisotopic (exact) mass is 283 g/mol. The number of nitrogens with two attached hydrogens (primary N) is 1. The second-order valence-electron chi connectivity index (χ2n) is 4.65. The van der Waals surface area contributed by atoms with Crippen molar-refractivity contribution in [3.63, 3.8) is 0 Å². The van der Waals surface area contributed by atoms with Gasteiger partial charge in [-0.3, -0.25) is 0 Å². The first-order valence-corrected chi connectivity index (χ1v) is 8.03. The molecule has 104 valence electrons. The van der Waals surface area contributed by atoms with Gasteiger partial charge in [-0.05, 0) is 12.8 Å². The molecular formula is C11H17N5O2S. The van der Waals surface area contributed by atoms with E-state index in [9.17, 15) is 8.42 Å². The van der Waals surface area contributed by atoms with Gasteiger partial charge in [0.2, 0.25) is 0 Å². The van der Waals surface area contributed by atoms with E-state index in [-0.39, 0.29) is 28.9 Å². The summed E-state index contributed by atoms with van der Waals surface area (Å²) in [6.45, 7) is 2.69. The van der Waals surface area contributed by atoms with Gasteiger partial charge in [-0.25, -0.2) is 13.1 Å². The summed E-state index contributed by atoms with van der Waals surface area (Å²) in [6.07, 6.45) is 1.39. The van der Waals surface area contributed by atoms with Crippen LogP contribution in [0.15, 0.2) is 0 Å². The van der Waals surface area contributed by atoms with Gasteiger partial charge in [0.15, 0.2) is 15.7 Å². The number of nitrogens with zero attached hydrogens (tertiary/aromatic N) is 3. The zero-order valence-corrected chi connectivity index (χ0v) is 11.6. The van der Waals surface area contributed by atoms with Crippen molar-refractivity contribution in [2.75, 3.05) is 29.1 Å². The highest BCUT2D eigenvalue weighted by Crippen LogP contribution is 2.30. The fourth-order valence-electron chi connectivity index (χ4n) is 2.17. The molecule has 0 aliphatic carbocycles. The number of nitriles is 1. The fourth-order valence-corrected chi connectivity index (χ4v) is 3.86. The van der Waals surface area contributed by atoms with Crippen LogP contribution in [-0.2, 0) is 9.84 Å². The Hall–Kier alpha value is -1.75. The lowest BCUT2D eigenvalue weighted by Gasteiger charge is -2.09. The van der Waals surface area contributed by atoms with Crippen LogP contribution in [0, 0.1) is 11.3 Å². The molecule has 1 saturated heterocycles. The van der Waals surface area contributed by atoms with Crippen molar-refractivity contribution in [1.29, 1.82) is 5.26 Å². The molecule has 0 saturated carbocycles. The van der Waals surface area contributed by atoms with Crippen LogP contribution in [0.5, 0.6) is 0 Å². The van der Waals surface area contributed by atoms with Gasteiger partial charge in [-0.1, -0.05) is 6.92 Å². The molecule has 8 heteroatoms. The molecule has 7 nitrogen and oxygen atoms in total. The maximum Gasteiger partial charge on any atom is 0.168 e. The van der Waals surface area contributed by atoms with Crippen molar-refractivity contribution >= 4 is 21.5 Å². The lowest BCUT2D eigenvalue weighted by atomic mass is 10.2. The Bertz CT molecular complexity index is 614. The third-order valence-corrected chi connectivity index (χ3v) is 4.91. The highest BCUT2D eigenvalue weighted by molar-refractivity contribution is 7.91. The summed E-state index contributed by atoms with van der Waals surface area (Å²) in [7, 11) is -3.01. The lowest BCUT2D eigenvalue weighted by Crippen LogP contribution is -2.15. The minimum atomic E-state index is -3.01. The standard InChI is InChI=1S/C11H17N5O2S/c1-2-4-14-11-9(6-12)10(13)16(15-11)8-3-5-19(17,18)7-8/h8H,2-5,7,13H2,1H3,(H,14,15). The Morgan fingerprint density at radius 2 is 2.37 bits per heavy atom. The first-order valence-electron chi connectivity index (χ1n) is 6.21. The Labute approximate surface area is 112 Å². The molecule has 0 radical (unpaired) electrons. The third kappa shape index (κ3) is 2.66. The predicted molar refractivity (Wildman–Crippen MR) is 72.4 cm³/mol. The van der Waals surface area contributed by atoms with Crippen molar-refractivity contribution in [3.05, 3.63) is 5.56 Å². The number of hydrogen-bond donors (Lipinski definition) is 2. The topological polar surface area (TPSA) is 114 Å². The molecular weight excluding hydrogens is 266 g/mol. The molecule has 2 heterocycles. The number of aromatic nitrogens is 2. The molecule has 1 fully saturated rings. The van der Waals surface area contributed by atoms with Crippen LogP contribution in [0.3, 0.4) is 0 Å². The van der Waals surface area contributed by atoms with Gasteiger partial charge in [0.25, 0.3) is 0 Å². The predicted octanol–water partition coefficient (Wildman–Crippen LogP) is 0.518. The summed E-state index contributed by atoms with van der Waals surface area (Å²) in [5, 5.41) is 16.4. The summed E-state index contributed by atoms with van der Waals surface area (Å²) >= 11 is 0. The smallest absolute Gasteiger partial charge is 0.168 e. The van der Waals surface area contributed by atoms with Crippen LogP contribution in [0.4, 0.5) is 11.6 Å². The van der Waals surface area contributed by atoms with Gasteiger partial charge in [0.1, 0.15) is 17.5 Å².